The molecule has 1 aromatic carbocycles. The molecule has 1 heterocycles. The first-order chi connectivity index (χ1) is 8.17. The Morgan fingerprint density at radius 1 is 1.12 bits per heavy atom. The summed E-state index contributed by atoms with van der Waals surface area (Å²) in [5.41, 5.74) is 3.98. The summed E-state index contributed by atoms with van der Waals surface area (Å²) in [6.45, 7) is 10.2. The zero-order valence-corrected chi connectivity index (χ0v) is 11.3. The van der Waals surface area contributed by atoms with Crippen molar-refractivity contribution in [2.75, 3.05) is 25.0 Å². The lowest BCUT2D eigenvalue weighted by Gasteiger charge is -2.32. The summed E-state index contributed by atoms with van der Waals surface area (Å²) in [5.74, 6) is 0. The number of likely N-dealkylation sites (tertiary alicyclic amines) is 1. The zero-order valence-electron chi connectivity index (χ0n) is 11.3. The molecule has 1 aromatic rings. The van der Waals surface area contributed by atoms with Gasteiger partial charge in [0.1, 0.15) is 0 Å². The van der Waals surface area contributed by atoms with Crippen LogP contribution >= 0.6 is 0 Å². The molecule has 0 aliphatic carbocycles. The van der Waals surface area contributed by atoms with Gasteiger partial charge >= 0.3 is 0 Å². The minimum absolute atomic E-state index is 0.652. The van der Waals surface area contributed by atoms with Crippen LogP contribution in [0.1, 0.15) is 30.9 Å². The Balaban J connectivity index is 1.93. The van der Waals surface area contributed by atoms with E-state index in [4.69, 9.17) is 0 Å². The Morgan fingerprint density at radius 3 is 2.24 bits per heavy atom. The number of rotatable bonds is 3. The number of hydrogen-bond acceptors (Lipinski definition) is 2. The van der Waals surface area contributed by atoms with Crippen LogP contribution in [0.15, 0.2) is 18.2 Å². The summed E-state index contributed by atoms with van der Waals surface area (Å²) in [5, 5.41) is 3.68. The van der Waals surface area contributed by atoms with Crippen molar-refractivity contribution < 1.29 is 0 Å². The standard InChI is InChI=1S/C15H24N2/c1-4-17-7-5-14(6-8-17)16-15-10-12(2)9-13(3)11-15/h9-11,14,16H,4-8H2,1-3H3. The molecular formula is C15H24N2. The number of nitrogens with one attached hydrogen (secondary N) is 1. The van der Waals surface area contributed by atoms with Gasteiger partial charge in [-0.2, -0.15) is 0 Å². The predicted molar refractivity (Wildman–Crippen MR) is 74.7 cm³/mol. The highest BCUT2D eigenvalue weighted by Gasteiger charge is 2.17. The van der Waals surface area contributed by atoms with Crippen molar-refractivity contribution in [1.82, 2.24) is 4.90 Å². The van der Waals surface area contributed by atoms with Crippen molar-refractivity contribution in [2.45, 2.75) is 39.7 Å². The molecule has 0 unspecified atom stereocenters. The summed E-state index contributed by atoms with van der Waals surface area (Å²) in [4.78, 5) is 2.53. The van der Waals surface area contributed by atoms with Gasteiger partial charge in [-0.1, -0.05) is 13.0 Å². The molecule has 0 atom stereocenters. The van der Waals surface area contributed by atoms with Gasteiger partial charge in [0.25, 0.3) is 0 Å². The van der Waals surface area contributed by atoms with E-state index in [9.17, 15) is 0 Å². The SMILES string of the molecule is CCN1CCC(Nc2cc(C)cc(C)c2)CC1. The molecule has 2 heteroatoms. The number of piperidine rings is 1. The van der Waals surface area contributed by atoms with E-state index in [0.717, 1.165) is 0 Å². The highest BCUT2D eigenvalue weighted by Crippen LogP contribution is 2.19. The zero-order chi connectivity index (χ0) is 12.3. The topological polar surface area (TPSA) is 15.3 Å². The molecule has 0 aromatic heterocycles. The fourth-order valence-corrected chi connectivity index (χ4v) is 2.69. The van der Waals surface area contributed by atoms with Crippen LogP contribution in [-0.4, -0.2) is 30.6 Å². The highest BCUT2D eigenvalue weighted by atomic mass is 15.1. The molecule has 1 aliphatic rings. The molecule has 0 amide bonds. The average molecular weight is 232 g/mol. The van der Waals surface area contributed by atoms with E-state index in [1.54, 1.807) is 0 Å². The van der Waals surface area contributed by atoms with Crippen LogP contribution in [0.5, 0.6) is 0 Å². The molecule has 1 saturated heterocycles. The molecule has 17 heavy (non-hydrogen) atoms. The molecule has 0 saturated carbocycles. The van der Waals surface area contributed by atoms with E-state index < -0.39 is 0 Å². The van der Waals surface area contributed by atoms with Crippen molar-refractivity contribution in [1.29, 1.82) is 0 Å². The van der Waals surface area contributed by atoms with E-state index in [2.05, 4.69) is 49.2 Å². The summed E-state index contributed by atoms with van der Waals surface area (Å²) in [6.07, 6.45) is 2.53. The van der Waals surface area contributed by atoms with Crippen molar-refractivity contribution in [2.24, 2.45) is 0 Å². The van der Waals surface area contributed by atoms with Crippen molar-refractivity contribution in [3.63, 3.8) is 0 Å². The van der Waals surface area contributed by atoms with E-state index in [1.165, 1.54) is 49.3 Å². The first-order valence-corrected chi connectivity index (χ1v) is 6.74. The average Bonchev–Trinajstić information content (AvgIpc) is 2.28. The minimum atomic E-state index is 0.652. The van der Waals surface area contributed by atoms with Crippen molar-refractivity contribution >= 4 is 5.69 Å². The smallest absolute Gasteiger partial charge is 0.0347 e. The van der Waals surface area contributed by atoms with Gasteiger partial charge in [0.05, 0.1) is 0 Å². The van der Waals surface area contributed by atoms with Gasteiger partial charge in [-0.3, -0.25) is 0 Å². The van der Waals surface area contributed by atoms with Gasteiger partial charge in [-0.25, -0.2) is 0 Å². The second-order valence-corrected chi connectivity index (χ2v) is 5.23. The summed E-state index contributed by atoms with van der Waals surface area (Å²) >= 11 is 0. The van der Waals surface area contributed by atoms with Crippen LogP contribution in [0.4, 0.5) is 5.69 Å². The Hall–Kier alpha value is -1.02. The first kappa shape index (κ1) is 12.4. The molecule has 0 bridgehead atoms. The quantitative estimate of drug-likeness (QED) is 0.861. The first-order valence-electron chi connectivity index (χ1n) is 6.74. The van der Waals surface area contributed by atoms with E-state index in [-0.39, 0.29) is 0 Å². The van der Waals surface area contributed by atoms with Crippen molar-refractivity contribution in [3.8, 4) is 0 Å². The van der Waals surface area contributed by atoms with Crippen LogP contribution in [0.25, 0.3) is 0 Å². The van der Waals surface area contributed by atoms with Crippen LogP contribution in [-0.2, 0) is 0 Å². The van der Waals surface area contributed by atoms with Gasteiger partial charge < -0.3 is 10.2 Å². The van der Waals surface area contributed by atoms with E-state index >= 15 is 0 Å². The molecule has 1 fully saturated rings. The van der Waals surface area contributed by atoms with E-state index in [1.807, 2.05) is 0 Å². The number of benzene rings is 1. The Labute approximate surface area is 105 Å². The van der Waals surface area contributed by atoms with Crippen LogP contribution in [0.2, 0.25) is 0 Å². The molecule has 2 nitrogen and oxygen atoms in total. The third-order valence-corrected chi connectivity index (χ3v) is 3.63. The molecule has 0 radical (unpaired) electrons. The lowest BCUT2D eigenvalue weighted by molar-refractivity contribution is 0.229. The molecule has 1 N–H and O–H groups in total. The Morgan fingerprint density at radius 2 is 1.71 bits per heavy atom. The molecule has 1 aliphatic heterocycles. The third-order valence-electron chi connectivity index (χ3n) is 3.63. The lowest BCUT2D eigenvalue weighted by atomic mass is 10.0. The maximum Gasteiger partial charge on any atom is 0.0347 e. The monoisotopic (exact) mass is 232 g/mol. The Kier molecular flexibility index (Phi) is 4.06. The van der Waals surface area contributed by atoms with Gasteiger partial charge in [0, 0.05) is 24.8 Å². The second-order valence-electron chi connectivity index (χ2n) is 5.23. The maximum atomic E-state index is 3.68. The molecular weight excluding hydrogens is 208 g/mol. The van der Waals surface area contributed by atoms with E-state index in [0.29, 0.717) is 6.04 Å². The highest BCUT2D eigenvalue weighted by molar-refractivity contribution is 5.49. The molecule has 94 valence electrons. The molecule has 0 spiro atoms. The van der Waals surface area contributed by atoms with Crippen molar-refractivity contribution in [3.05, 3.63) is 29.3 Å². The van der Waals surface area contributed by atoms with Gasteiger partial charge in [-0.05, 0) is 56.5 Å². The summed E-state index contributed by atoms with van der Waals surface area (Å²) in [6, 6.07) is 7.38. The third kappa shape index (κ3) is 3.47. The fourth-order valence-electron chi connectivity index (χ4n) is 2.69. The lowest BCUT2D eigenvalue weighted by Crippen LogP contribution is -2.38. The molecule has 2 rings (SSSR count). The van der Waals surface area contributed by atoms with Gasteiger partial charge in [0.2, 0.25) is 0 Å². The number of hydrogen-bond donors (Lipinski definition) is 1. The normalized spacial score (nSPS) is 18.3. The largest absolute Gasteiger partial charge is 0.382 e. The number of aryl methyl sites for hydroxylation is 2. The van der Waals surface area contributed by atoms with Gasteiger partial charge in [0.15, 0.2) is 0 Å². The Bertz CT molecular complexity index is 345. The van der Waals surface area contributed by atoms with Gasteiger partial charge in [-0.15, -0.1) is 0 Å². The minimum Gasteiger partial charge on any atom is -0.382 e. The van der Waals surface area contributed by atoms with Crippen LogP contribution in [0.3, 0.4) is 0 Å². The number of anilines is 1. The maximum absolute atomic E-state index is 3.68. The predicted octanol–water partition coefficient (Wildman–Crippen LogP) is 3.20. The summed E-state index contributed by atoms with van der Waals surface area (Å²) < 4.78 is 0. The fraction of sp³-hybridized carbons (Fsp3) is 0.600. The second kappa shape index (κ2) is 5.54. The summed E-state index contributed by atoms with van der Waals surface area (Å²) in [7, 11) is 0. The van der Waals surface area contributed by atoms with Crippen LogP contribution < -0.4 is 5.32 Å². The van der Waals surface area contributed by atoms with Crippen LogP contribution in [0, 0.1) is 13.8 Å². The number of nitrogens with zero attached hydrogens (tertiary/aromatic N) is 1.